The summed E-state index contributed by atoms with van der Waals surface area (Å²) in [5.41, 5.74) is 2.01. The molecular weight excluding hydrogens is 214 g/mol. The number of para-hydroxylation sites is 1. The number of amides is 1. The van der Waals surface area contributed by atoms with E-state index in [4.69, 9.17) is 5.11 Å². The molecule has 2 N–H and O–H groups in total. The van der Waals surface area contributed by atoms with Gasteiger partial charge in [0.25, 0.3) is 0 Å². The van der Waals surface area contributed by atoms with Crippen molar-refractivity contribution in [2.45, 2.75) is 45.6 Å². The van der Waals surface area contributed by atoms with Crippen LogP contribution in [-0.2, 0) is 4.79 Å². The van der Waals surface area contributed by atoms with Crippen LogP contribution in [0.1, 0.15) is 45.1 Å². The smallest absolute Gasteiger partial charge is 0.224 e. The minimum absolute atomic E-state index is 0.0426. The molecule has 1 unspecified atom stereocenters. The fourth-order valence-corrected chi connectivity index (χ4v) is 1.67. The third-order valence-corrected chi connectivity index (χ3v) is 2.65. The molecule has 0 fully saturated rings. The van der Waals surface area contributed by atoms with Gasteiger partial charge in [-0.1, -0.05) is 32.0 Å². The van der Waals surface area contributed by atoms with Gasteiger partial charge in [0.15, 0.2) is 0 Å². The van der Waals surface area contributed by atoms with Gasteiger partial charge in [0.1, 0.15) is 0 Å². The number of benzene rings is 1. The number of nitrogens with one attached hydrogen (secondary N) is 1. The van der Waals surface area contributed by atoms with Crippen molar-refractivity contribution >= 4 is 11.6 Å². The van der Waals surface area contributed by atoms with E-state index in [9.17, 15) is 4.79 Å². The topological polar surface area (TPSA) is 49.3 Å². The van der Waals surface area contributed by atoms with Crippen LogP contribution in [0.4, 0.5) is 5.69 Å². The molecule has 0 spiro atoms. The molecule has 1 rings (SSSR count). The van der Waals surface area contributed by atoms with Gasteiger partial charge in [0, 0.05) is 12.1 Å². The summed E-state index contributed by atoms with van der Waals surface area (Å²) in [6.07, 6.45) is 0.417. The molecule has 1 amide bonds. The average Bonchev–Trinajstić information content (AvgIpc) is 2.27. The van der Waals surface area contributed by atoms with E-state index in [-0.39, 0.29) is 5.91 Å². The summed E-state index contributed by atoms with van der Waals surface area (Å²) in [4.78, 5) is 11.7. The summed E-state index contributed by atoms with van der Waals surface area (Å²) < 4.78 is 0. The van der Waals surface area contributed by atoms with E-state index in [0.717, 1.165) is 11.3 Å². The molecule has 17 heavy (non-hydrogen) atoms. The van der Waals surface area contributed by atoms with E-state index in [1.54, 1.807) is 6.92 Å². The minimum Gasteiger partial charge on any atom is -0.393 e. The zero-order valence-electron chi connectivity index (χ0n) is 10.7. The number of hydrogen-bond donors (Lipinski definition) is 2. The first-order valence-corrected chi connectivity index (χ1v) is 6.07. The zero-order valence-corrected chi connectivity index (χ0v) is 10.7. The number of aliphatic hydroxyl groups is 1. The summed E-state index contributed by atoms with van der Waals surface area (Å²) >= 11 is 0. The molecule has 0 aromatic heterocycles. The number of rotatable bonds is 5. The van der Waals surface area contributed by atoms with E-state index in [2.05, 4.69) is 19.2 Å². The van der Waals surface area contributed by atoms with Crippen LogP contribution >= 0.6 is 0 Å². The first kappa shape index (κ1) is 13.7. The Morgan fingerprint density at radius 3 is 2.53 bits per heavy atom. The Morgan fingerprint density at radius 2 is 1.94 bits per heavy atom. The molecule has 1 aromatic rings. The summed E-state index contributed by atoms with van der Waals surface area (Å²) in [6, 6.07) is 7.82. The lowest BCUT2D eigenvalue weighted by Gasteiger charge is -2.13. The maximum absolute atomic E-state index is 11.7. The van der Waals surface area contributed by atoms with Gasteiger partial charge in [-0.15, -0.1) is 0 Å². The summed E-state index contributed by atoms with van der Waals surface area (Å²) in [5.74, 6) is 0.335. The summed E-state index contributed by atoms with van der Waals surface area (Å²) in [5, 5.41) is 12.0. The lowest BCUT2D eigenvalue weighted by Crippen LogP contribution is -2.15. The predicted molar refractivity (Wildman–Crippen MR) is 70.1 cm³/mol. The molecule has 1 atom stereocenters. The first-order chi connectivity index (χ1) is 8.00. The normalized spacial score (nSPS) is 12.5. The van der Waals surface area contributed by atoms with Gasteiger partial charge in [0.05, 0.1) is 6.10 Å². The quantitative estimate of drug-likeness (QED) is 0.824. The molecule has 0 saturated heterocycles. The highest BCUT2D eigenvalue weighted by atomic mass is 16.3. The fourth-order valence-electron chi connectivity index (χ4n) is 1.67. The number of hydrogen-bond acceptors (Lipinski definition) is 2. The third kappa shape index (κ3) is 4.57. The second kappa shape index (κ2) is 6.40. The van der Waals surface area contributed by atoms with E-state index in [1.807, 2.05) is 24.3 Å². The SMILES string of the molecule is CC(O)CCC(=O)Nc1ccccc1C(C)C. The summed E-state index contributed by atoms with van der Waals surface area (Å²) in [6.45, 7) is 5.89. The van der Waals surface area contributed by atoms with Crippen LogP contribution in [0.15, 0.2) is 24.3 Å². The number of carbonyl (C=O) groups excluding carboxylic acids is 1. The van der Waals surface area contributed by atoms with E-state index >= 15 is 0 Å². The lowest BCUT2D eigenvalue weighted by atomic mass is 10.0. The average molecular weight is 235 g/mol. The van der Waals surface area contributed by atoms with Crippen LogP contribution in [0.3, 0.4) is 0 Å². The van der Waals surface area contributed by atoms with Crippen molar-refractivity contribution in [3.8, 4) is 0 Å². The van der Waals surface area contributed by atoms with Gasteiger partial charge >= 0.3 is 0 Å². The van der Waals surface area contributed by atoms with Gasteiger partial charge in [-0.2, -0.15) is 0 Å². The Labute approximate surface area is 103 Å². The Kier molecular flexibility index (Phi) is 5.16. The van der Waals surface area contributed by atoms with Crippen LogP contribution in [-0.4, -0.2) is 17.1 Å². The van der Waals surface area contributed by atoms with Crippen molar-refractivity contribution in [1.29, 1.82) is 0 Å². The van der Waals surface area contributed by atoms with Gasteiger partial charge in [-0.05, 0) is 30.9 Å². The molecule has 0 aliphatic heterocycles. The van der Waals surface area contributed by atoms with E-state index in [0.29, 0.717) is 18.8 Å². The molecule has 94 valence electrons. The van der Waals surface area contributed by atoms with Gasteiger partial charge in [-0.3, -0.25) is 4.79 Å². The van der Waals surface area contributed by atoms with Crippen LogP contribution in [0, 0.1) is 0 Å². The van der Waals surface area contributed by atoms with E-state index in [1.165, 1.54) is 0 Å². The maximum atomic E-state index is 11.7. The number of anilines is 1. The van der Waals surface area contributed by atoms with Crippen molar-refractivity contribution in [2.24, 2.45) is 0 Å². The van der Waals surface area contributed by atoms with Crippen molar-refractivity contribution in [3.05, 3.63) is 29.8 Å². The highest BCUT2D eigenvalue weighted by Crippen LogP contribution is 2.23. The number of aliphatic hydroxyl groups excluding tert-OH is 1. The van der Waals surface area contributed by atoms with Gasteiger partial charge < -0.3 is 10.4 Å². The zero-order chi connectivity index (χ0) is 12.8. The van der Waals surface area contributed by atoms with Crippen LogP contribution in [0.5, 0.6) is 0 Å². The molecule has 0 aliphatic carbocycles. The van der Waals surface area contributed by atoms with Crippen molar-refractivity contribution in [1.82, 2.24) is 0 Å². The number of carbonyl (C=O) groups is 1. The molecule has 1 aromatic carbocycles. The van der Waals surface area contributed by atoms with Crippen molar-refractivity contribution in [3.63, 3.8) is 0 Å². The van der Waals surface area contributed by atoms with Crippen LogP contribution < -0.4 is 5.32 Å². The lowest BCUT2D eigenvalue weighted by molar-refractivity contribution is -0.116. The molecule has 0 bridgehead atoms. The largest absolute Gasteiger partial charge is 0.393 e. The third-order valence-electron chi connectivity index (χ3n) is 2.65. The Bertz CT molecular complexity index is 372. The molecule has 0 aliphatic rings. The summed E-state index contributed by atoms with van der Waals surface area (Å²) in [7, 11) is 0. The van der Waals surface area contributed by atoms with Crippen molar-refractivity contribution < 1.29 is 9.90 Å². The standard InChI is InChI=1S/C14H21NO2/c1-10(2)12-6-4-5-7-13(12)15-14(17)9-8-11(3)16/h4-7,10-11,16H,8-9H2,1-3H3,(H,15,17). The maximum Gasteiger partial charge on any atom is 0.224 e. The van der Waals surface area contributed by atoms with Crippen LogP contribution in [0.2, 0.25) is 0 Å². The predicted octanol–water partition coefficient (Wildman–Crippen LogP) is 2.91. The second-order valence-corrected chi connectivity index (χ2v) is 4.68. The molecule has 3 heteroatoms. The van der Waals surface area contributed by atoms with Gasteiger partial charge in [0.2, 0.25) is 5.91 Å². The minimum atomic E-state index is -0.430. The highest BCUT2D eigenvalue weighted by molar-refractivity contribution is 5.91. The molecule has 0 radical (unpaired) electrons. The van der Waals surface area contributed by atoms with Crippen molar-refractivity contribution in [2.75, 3.05) is 5.32 Å². The Hall–Kier alpha value is -1.35. The molecule has 0 heterocycles. The fraction of sp³-hybridized carbons (Fsp3) is 0.500. The first-order valence-electron chi connectivity index (χ1n) is 6.07. The molecule has 3 nitrogen and oxygen atoms in total. The molecule has 0 saturated carbocycles. The Morgan fingerprint density at radius 1 is 1.29 bits per heavy atom. The Balaban J connectivity index is 2.65. The van der Waals surface area contributed by atoms with Crippen LogP contribution in [0.25, 0.3) is 0 Å². The molecular formula is C14H21NO2. The highest BCUT2D eigenvalue weighted by Gasteiger charge is 2.09. The second-order valence-electron chi connectivity index (χ2n) is 4.68. The van der Waals surface area contributed by atoms with E-state index < -0.39 is 6.10 Å². The van der Waals surface area contributed by atoms with Gasteiger partial charge in [-0.25, -0.2) is 0 Å². The monoisotopic (exact) mass is 235 g/mol.